The number of nitriles is 1. The number of carbonyl (C=O) groups excluding carboxylic acids is 1. The summed E-state index contributed by atoms with van der Waals surface area (Å²) in [4.78, 5) is 12.3. The van der Waals surface area contributed by atoms with Crippen LogP contribution in [0, 0.1) is 17.2 Å². The number of benzene rings is 1. The molecule has 0 amide bonds. The van der Waals surface area contributed by atoms with Crippen LogP contribution < -0.4 is 5.73 Å². The molecule has 0 bridgehead atoms. The second kappa shape index (κ2) is 7.66. The van der Waals surface area contributed by atoms with E-state index in [1.165, 1.54) is 34.3 Å². The lowest BCUT2D eigenvalue weighted by molar-refractivity contribution is 0.0593. The zero-order valence-electron chi connectivity index (χ0n) is 15.8. The van der Waals surface area contributed by atoms with Gasteiger partial charge in [0, 0.05) is 25.0 Å². The summed E-state index contributed by atoms with van der Waals surface area (Å²) < 4.78 is 33.4. The van der Waals surface area contributed by atoms with Crippen molar-refractivity contribution >= 4 is 21.7 Å². The maximum atomic E-state index is 12.8. The monoisotopic (exact) mass is 402 g/mol. The van der Waals surface area contributed by atoms with Gasteiger partial charge in [-0.05, 0) is 43.0 Å². The number of rotatable bonds is 4. The van der Waals surface area contributed by atoms with E-state index in [0.717, 1.165) is 12.8 Å². The molecule has 0 atom stereocenters. The van der Waals surface area contributed by atoms with Crippen molar-refractivity contribution in [1.82, 2.24) is 8.87 Å². The van der Waals surface area contributed by atoms with E-state index in [1.807, 2.05) is 6.07 Å². The molecule has 148 valence electrons. The van der Waals surface area contributed by atoms with E-state index in [9.17, 15) is 18.5 Å². The van der Waals surface area contributed by atoms with Gasteiger partial charge < -0.3 is 15.0 Å². The molecular weight excluding hydrogens is 380 g/mol. The number of methoxy groups -OCH3 is 1. The van der Waals surface area contributed by atoms with Gasteiger partial charge in [-0.1, -0.05) is 6.92 Å². The molecule has 9 heteroatoms. The van der Waals surface area contributed by atoms with Crippen molar-refractivity contribution in [2.24, 2.45) is 5.92 Å². The third-order valence-electron chi connectivity index (χ3n) is 5.04. The molecule has 8 nitrogen and oxygen atoms in total. The zero-order chi connectivity index (χ0) is 20.5. The highest BCUT2D eigenvalue weighted by molar-refractivity contribution is 7.89. The second-order valence-electron chi connectivity index (χ2n) is 6.86. The van der Waals surface area contributed by atoms with Crippen LogP contribution in [0.15, 0.2) is 35.4 Å². The Morgan fingerprint density at radius 3 is 2.39 bits per heavy atom. The molecule has 28 heavy (non-hydrogen) atoms. The molecule has 0 radical (unpaired) electrons. The van der Waals surface area contributed by atoms with Crippen molar-refractivity contribution in [3.63, 3.8) is 0 Å². The van der Waals surface area contributed by atoms with Crippen LogP contribution in [0.1, 0.15) is 35.8 Å². The van der Waals surface area contributed by atoms with Crippen LogP contribution in [0.4, 0.5) is 5.69 Å². The van der Waals surface area contributed by atoms with E-state index in [1.54, 1.807) is 12.1 Å². The minimum Gasteiger partial charge on any atom is -0.464 e. The smallest absolute Gasteiger partial charge is 0.357 e. The van der Waals surface area contributed by atoms with Crippen LogP contribution in [0.5, 0.6) is 0 Å². The van der Waals surface area contributed by atoms with Gasteiger partial charge in [0.15, 0.2) is 5.69 Å². The van der Waals surface area contributed by atoms with Crippen molar-refractivity contribution in [3.05, 3.63) is 41.7 Å². The third-order valence-corrected chi connectivity index (χ3v) is 6.95. The highest BCUT2D eigenvalue weighted by Gasteiger charge is 2.28. The fraction of sp³-hybridized carbons (Fsp3) is 0.368. The number of hydrogen-bond acceptors (Lipinski definition) is 6. The Balaban J connectivity index is 1.96. The number of nitrogens with zero attached hydrogens (tertiary/aromatic N) is 3. The van der Waals surface area contributed by atoms with E-state index in [2.05, 4.69) is 6.92 Å². The summed E-state index contributed by atoms with van der Waals surface area (Å²) in [5, 5.41) is 9.19. The summed E-state index contributed by atoms with van der Waals surface area (Å²) in [5.74, 6) is -0.155. The maximum Gasteiger partial charge on any atom is 0.357 e. The molecule has 2 N–H and O–H groups in total. The van der Waals surface area contributed by atoms with Gasteiger partial charge in [-0.15, -0.1) is 0 Å². The minimum atomic E-state index is -3.57. The first-order valence-corrected chi connectivity index (χ1v) is 10.3. The van der Waals surface area contributed by atoms with E-state index >= 15 is 0 Å². The van der Waals surface area contributed by atoms with Gasteiger partial charge >= 0.3 is 5.97 Å². The molecule has 0 spiro atoms. The summed E-state index contributed by atoms with van der Waals surface area (Å²) in [6.07, 6.45) is 3.12. The van der Waals surface area contributed by atoms with Crippen LogP contribution in [0.25, 0.3) is 5.69 Å². The first kappa shape index (κ1) is 19.9. The third kappa shape index (κ3) is 3.48. The molecule has 0 saturated carbocycles. The summed E-state index contributed by atoms with van der Waals surface area (Å²) >= 11 is 0. The number of nitrogens with two attached hydrogens (primary N) is 1. The highest BCUT2D eigenvalue weighted by atomic mass is 32.2. The Bertz CT molecular complexity index is 1030. The Morgan fingerprint density at radius 1 is 1.25 bits per heavy atom. The first-order valence-electron chi connectivity index (χ1n) is 8.89. The van der Waals surface area contributed by atoms with E-state index in [0.29, 0.717) is 24.7 Å². The number of anilines is 1. The Morgan fingerprint density at radius 2 is 1.86 bits per heavy atom. The number of sulfonamides is 1. The van der Waals surface area contributed by atoms with E-state index in [4.69, 9.17) is 10.5 Å². The molecule has 2 heterocycles. The van der Waals surface area contributed by atoms with Crippen LogP contribution in [0.2, 0.25) is 0 Å². The molecule has 2 aromatic rings. The standard InChI is InChI=1S/C19H22N4O4S/c1-13-7-9-22(10-8-13)28(25,26)16-5-3-15(4-6-16)23-12-14(11-20)17(21)18(23)19(24)27-2/h3-6,12-13H,7-10,21H2,1-2H3. The molecule has 1 saturated heterocycles. The number of piperidine rings is 1. The van der Waals surface area contributed by atoms with Crippen LogP contribution in [0.3, 0.4) is 0 Å². The molecule has 1 aromatic carbocycles. The number of esters is 1. The predicted molar refractivity (Wildman–Crippen MR) is 103 cm³/mol. The average Bonchev–Trinajstić information content (AvgIpc) is 3.04. The van der Waals surface area contributed by atoms with Crippen molar-refractivity contribution in [3.8, 4) is 11.8 Å². The summed E-state index contributed by atoms with van der Waals surface area (Å²) in [7, 11) is -2.35. The molecule has 0 aliphatic carbocycles. The fourth-order valence-electron chi connectivity index (χ4n) is 3.27. The van der Waals surface area contributed by atoms with E-state index in [-0.39, 0.29) is 21.8 Å². The summed E-state index contributed by atoms with van der Waals surface area (Å²) in [6, 6.07) is 8.07. The summed E-state index contributed by atoms with van der Waals surface area (Å²) in [5.41, 5.74) is 6.58. The van der Waals surface area contributed by atoms with Crippen molar-refractivity contribution < 1.29 is 17.9 Å². The molecular formula is C19H22N4O4S. The fourth-order valence-corrected chi connectivity index (χ4v) is 4.74. The lowest BCUT2D eigenvalue weighted by atomic mass is 10.0. The van der Waals surface area contributed by atoms with Gasteiger partial charge in [-0.25, -0.2) is 13.2 Å². The number of hydrogen-bond donors (Lipinski definition) is 1. The minimum absolute atomic E-state index is 0.0217. The number of ether oxygens (including phenoxy) is 1. The average molecular weight is 402 g/mol. The Labute approximate surface area is 164 Å². The predicted octanol–water partition coefficient (Wildman–Crippen LogP) is 2.14. The Hall–Kier alpha value is -2.83. The van der Waals surface area contributed by atoms with Gasteiger partial charge in [0.2, 0.25) is 10.0 Å². The molecule has 1 aromatic heterocycles. The normalized spacial score (nSPS) is 15.9. The Kier molecular flexibility index (Phi) is 5.45. The van der Waals surface area contributed by atoms with Crippen molar-refractivity contribution in [2.45, 2.75) is 24.7 Å². The number of aromatic nitrogens is 1. The molecule has 1 aliphatic heterocycles. The van der Waals surface area contributed by atoms with Crippen LogP contribution >= 0.6 is 0 Å². The van der Waals surface area contributed by atoms with Gasteiger partial charge in [0.05, 0.1) is 23.3 Å². The molecule has 1 aliphatic rings. The van der Waals surface area contributed by atoms with Gasteiger partial charge in [0.25, 0.3) is 0 Å². The topological polar surface area (TPSA) is 118 Å². The van der Waals surface area contributed by atoms with Gasteiger partial charge in [-0.2, -0.15) is 9.57 Å². The number of nitrogen functional groups attached to an aromatic ring is 1. The van der Waals surface area contributed by atoms with Crippen LogP contribution in [-0.2, 0) is 14.8 Å². The number of carbonyl (C=O) groups is 1. The molecule has 3 rings (SSSR count). The maximum absolute atomic E-state index is 12.8. The molecule has 0 unspecified atom stereocenters. The van der Waals surface area contributed by atoms with Crippen molar-refractivity contribution in [2.75, 3.05) is 25.9 Å². The SMILES string of the molecule is COC(=O)c1c(N)c(C#N)cn1-c1ccc(S(=O)(=O)N2CCC(C)CC2)cc1. The molecule has 1 fully saturated rings. The first-order chi connectivity index (χ1) is 13.3. The lowest BCUT2D eigenvalue weighted by Crippen LogP contribution is -2.37. The van der Waals surface area contributed by atoms with Crippen LogP contribution in [-0.4, -0.2) is 43.5 Å². The highest BCUT2D eigenvalue weighted by Crippen LogP contribution is 2.27. The zero-order valence-corrected chi connectivity index (χ0v) is 16.6. The van der Waals surface area contributed by atoms with Gasteiger partial charge in [0.1, 0.15) is 6.07 Å². The quantitative estimate of drug-likeness (QED) is 0.783. The second-order valence-corrected chi connectivity index (χ2v) is 8.80. The van der Waals surface area contributed by atoms with E-state index < -0.39 is 16.0 Å². The van der Waals surface area contributed by atoms with Crippen molar-refractivity contribution in [1.29, 1.82) is 5.26 Å². The van der Waals surface area contributed by atoms with Gasteiger partial charge in [-0.3, -0.25) is 0 Å². The largest absolute Gasteiger partial charge is 0.464 e. The summed E-state index contributed by atoms with van der Waals surface area (Å²) in [6.45, 7) is 3.14. The lowest BCUT2D eigenvalue weighted by Gasteiger charge is -2.29.